The van der Waals surface area contributed by atoms with Crippen LogP contribution in [0, 0.1) is 10.1 Å². The van der Waals surface area contributed by atoms with Crippen molar-refractivity contribution >= 4 is 39.8 Å². The van der Waals surface area contributed by atoms with Crippen molar-refractivity contribution in [2.45, 2.75) is 19.9 Å². The molecule has 0 saturated carbocycles. The summed E-state index contributed by atoms with van der Waals surface area (Å²) in [7, 11) is 1.55. The van der Waals surface area contributed by atoms with Crippen LogP contribution in [0.3, 0.4) is 0 Å². The first-order valence-corrected chi connectivity index (χ1v) is 14.2. The Morgan fingerprint density at radius 3 is 2.60 bits per heavy atom. The molecule has 3 aromatic carbocycles. The molecule has 0 unspecified atom stereocenters. The van der Waals surface area contributed by atoms with E-state index >= 15 is 0 Å². The summed E-state index contributed by atoms with van der Waals surface area (Å²) < 4.78 is 19.1. The maximum atomic E-state index is 14.1. The first-order chi connectivity index (χ1) is 20.8. The van der Waals surface area contributed by atoms with Crippen LogP contribution in [0.25, 0.3) is 28.2 Å². The second-order valence-corrected chi connectivity index (χ2v) is 10.7. The number of nitro groups is 1. The predicted octanol–water partition coefficient (Wildman–Crippen LogP) is 5.13. The highest BCUT2D eigenvalue weighted by molar-refractivity contribution is 7.07. The zero-order valence-corrected chi connectivity index (χ0v) is 24.2. The third-order valence-electron chi connectivity index (χ3n) is 7.20. The van der Waals surface area contributed by atoms with Crippen LogP contribution >= 0.6 is 11.3 Å². The number of nitro benzene ring substituents is 1. The quantitative estimate of drug-likeness (QED) is 0.145. The molecule has 10 nitrogen and oxygen atoms in total. The van der Waals surface area contributed by atoms with Gasteiger partial charge in [0.15, 0.2) is 4.80 Å². The topological polar surface area (TPSA) is 126 Å². The van der Waals surface area contributed by atoms with E-state index in [-0.39, 0.29) is 23.4 Å². The van der Waals surface area contributed by atoms with Gasteiger partial charge in [0.2, 0.25) is 0 Å². The fourth-order valence-electron chi connectivity index (χ4n) is 5.26. The molecule has 0 saturated heterocycles. The second-order valence-electron chi connectivity index (χ2n) is 9.71. The molecule has 3 heterocycles. The molecule has 0 N–H and O–H groups in total. The standard InChI is InChI=1S/C32H25N3O7S/c1-4-41-31(37)27-18(2)33-32-34(29(27)28-23-8-6-5-7-19(23)11-15-25(28)40-3)30(36)26(43-32)17-22-14-16-24(42-22)20-9-12-21(13-10-20)35(38)39/h5-17,29H,4H2,1-3H3/b26-17-/t29-/m0/s1. The van der Waals surface area contributed by atoms with Crippen molar-refractivity contribution in [3.63, 3.8) is 0 Å². The van der Waals surface area contributed by atoms with Gasteiger partial charge in [0.05, 0.1) is 34.4 Å². The molecular formula is C32H25N3O7S. The van der Waals surface area contributed by atoms with Crippen molar-refractivity contribution in [1.82, 2.24) is 4.57 Å². The molecule has 0 spiro atoms. The number of hydrogen-bond donors (Lipinski definition) is 0. The van der Waals surface area contributed by atoms with Crippen LogP contribution in [0.1, 0.15) is 31.2 Å². The Bertz CT molecular complexity index is 2120. The van der Waals surface area contributed by atoms with Crippen molar-refractivity contribution in [3.8, 4) is 17.1 Å². The Morgan fingerprint density at radius 1 is 1.12 bits per heavy atom. The van der Waals surface area contributed by atoms with Gasteiger partial charge in [0.25, 0.3) is 11.2 Å². The number of non-ortho nitro benzene ring substituents is 1. The summed E-state index contributed by atoms with van der Waals surface area (Å²) in [6.07, 6.45) is 1.62. The fourth-order valence-corrected chi connectivity index (χ4v) is 6.29. The number of carbonyl (C=O) groups excluding carboxylic acids is 1. The molecule has 0 radical (unpaired) electrons. The van der Waals surface area contributed by atoms with Gasteiger partial charge in [-0.2, -0.15) is 0 Å². The predicted molar refractivity (Wildman–Crippen MR) is 162 cm³/mol. The van der Waals surface area contributed by atoms with Crippen LogP contribution in [0.2, 0.25) is 0 Å². The zero-order valence-electron chi connectivity index (χ0n) is 23.4. The number of fused-ring (bicyclic) bond motifs is 2. The highest BCUT2D eigenvalue weighted by Crippen LogP contribution is 2.40. The Morgan fingerprint density at radius 2 is 1.88 bits per heavy atom. The summed E-state index contributed by atoms with van der Waals surface area (Å²) in [6, 6.07) is 20.1. The molecule has 0 fully saturated rings. The molecule has 1 atom stereocenters. The van der Waals surface area contributed by atoms with Crippen molar-refractivity contribution in [3.05, 3.63) is 125 Å². The van der Waals surface area contributed by atoms with Gasteiger partial charge in [-0.3, -0.25) is 19.5 Å². The summed E-state index contributed by atoms with van der Waals surface area (Å²) in [5.41, 5.74) is 1.64. The van der Waals surface area contributed by atoms with Crippen LogP contribution in [0.4, 0.5) is 5.69 Å². The van der Waals surface area contributed by atoms with Crippen LogP contribution < -0.4 is 19.6 Å². The first kappa shape index (κ1) is 27.9. The summed E-state index contributed by atoms with van der Waals surface area (Å²) >= 11 is 1.18. The summed E-state index contributed by atoms with van der Waals surface area (Å²) in [5, 5.41) is 12.8. The van der Waals surface area contributed by atoms with Crippen molar-refractivity contribution in [2.24, 2.45) is 4.99 Å². The molecule has 2 aromatic heterocycles. The Labute approximate surface area is 248 Å². The minimum absolute atomic E-state index is 0.0218. The summed E-state index contributed by atoms with van der Waals surface area (Å²) in [6.45, 7) is 3.62. The van der Waals surface area contributed by atoms with Crippen molar-refractivity contribution in [2.75, 3.05) is 13.7 Å². The van der Waals surface area contributed by atoms with Crippen LogP contribution in [0.15, 0.2) is 98.3 Å². The van der Waals surface area contributed by atoms with E-state index in [1.165, 1.54) is 28.0 Å². The minimum atomic E-state index is -0.856. The smallest absolute Gasteiger partial charge is 0.338 e. The van der Waals surface area contributed by atoms with E-state index in [1.807, 2.05) is 36.4 Å². The number of benzene rings is 3. The molecule has 11 heteroatoms. The molecule has 0 aliphatic carbocycles. The van der Waals surface area contributed by atoms with E-state index in [4.69, 9.17) is 13.9 Å². The molecule has 1 aliphatic heterocycles. The normalized spacial score (nSPS) is 14.9. The first-order valence-electron chi connectivity index (χ1n) is 13.4. The monoisotopic (exact) mass is 595 g/mol. The maximum Gasteiger partial charge on any atom is 0.338 e. The lowest BCUT2D eigenvalue weighted by atomic mass is 9.90. The number of aromatic nitrogens is 1. The summed E-state index contributed by atoms with van der Waals surface area (Å²) in [5.74, 6) is 0.873. The van der Waals surface area contributed by atoms with Gasteiger partial charge < -0.3 is 13.9 Å². The van der Waals surface area contributed by atoms with Crippen LogP contribution in [0.5, 0.6) is 5.75 Å². The lowest BCUT2D eigenvalue weighted by molar-refractivity contribution is -0.384. The Balaban J connectivity index is 1.53. The van der Waals surface area contributed by atoms with E-state index < -0.39 is 16.9 Å². The SMILES string of the molecule is CCOC(=O)C1=C(C)N=c2s/c(=C\c3ccc(-c4ccc([N+](=O)[O-])cc4)o3)c(=O)n2[C@@H]1c1c(OC)ccc2ccccc12. The Kier molecular flexibility index (Phi) is 7.24. The highest BCUT2D eigenvalue weighted by atomic mass is 32.1. The van der Waals surface area contributed by atoms with E-state index in [9.17, 15) is 19.7 Å². The fraction of sp³-hybridized carbons (Fsp3) is 0.156. The molecule has 0 bridgehead atoms. The molecule has 6 rings (SSSR count). The lowest BCUT2D eigenvalue weighted by Gasteiger charge is -2.27. The van der Waals surface area contributed by atoms with E-state index in [0.717, 1.165) is 10.8 Å². The van der Waals surface area contributed by atoms with Gasteiger partial charge in [-0.15, -0.1) is 0 Å². The van der Waals surface area contributed by atoms with Crippen LogP contribution in [-0.4, -0.2) is 29.2 Å². The number of esters is 1. The molecule has 5 aromatic rings. The largest absolute Gasteiger partial charge is 0.496 e. The highest BCUT2D eigenvalue weighted by Gasteiger charge is 2.36. The summed E-state index contributed by atoms with van der Waals surface area (Å²) in [4.78, 5) is 43.1. The number of carbonyl (C=O) groups is 1. The lowest BCUT2D eigenvalue weighted by Crippen LogP contribution is -2.40. The number of allylic oxidation sites excluding steroid dienone is 1. The molecule has 216 valence electrons. The van der Waals surface area contributed by atoms with E-state index in [0.29, 0.717) is 43.4 Å². The maximum absolute atomic E-state index is 14.1. The van der Waals surface area contributed by atoms with Gasteiger partial charge in [-0.05, 0) is 55.0 Å². The number of ether oxygens (including phenoxy) is 2. The molecular weight excluding hydrogens is 570 g/mol. The van der Waals surface area contributed by atoms with E-state index in [2.05, 4.69) is 4.99 Å². The zero-order chi connectivity index (χ0) is 30.2. The number of hydrogen-bond acceptors (Lipinski definition) is 9. The second kappa shape index (κ2) is 11.2. The van der Waals surface area contributed by atoms with E-state index in [1.54, 1.807) is 51.3 Å². The van der Waals surface area contributed by atoms with Gasteiger partial charge in [-0.25, -0.2) is 9.79 Å². The third kappa shape index (κ3) is 4.93. The third-order valence-corrected chi connectivity index (χ3v) is 8.19. The number of rotatable bonds is 7. The Hall–Kier alpha value is -5.29. The van der Waals surface area contributed by atoms with Gasteiger partial charge >= 0.3 is 5.97 Å². The number of furan rings is 1. The average Bonchev–Trinajstić information content (AvgIpc) is 3.60. The van der Waals surface area contributed by atoms with Gasteiger partial charge in [-0.1, -0.05) is 41.7 Å². The molecule has 43 heavy (non-hydrogen) atoms. The molecule has 1 aliphatic rings. The van der Waals surface area contributed by atoms with Crippen molar-refractivity contribution < 1.29 is 23.6 Å². The number of thiazole rings is 1. The van der Waals surface area contributed by atoms with Gasteiger partial charge in [0.1, 0.15) is 23.3 Å². The number of nitrogens with zero attached hydrogens (tertiary/aromatic N) is 3. The van der Waals surface area contributed by atoms with Gasteiger partial charge in [0, 0.05) is 29.3 Å². The van der Waals surface area contributed by atoms with Crippen molar-refractivity contribution in [1.29, 1.82) is 0 Å². The number of methoxy groups -OCH3 is 1. The van der Waals surface area contributed by atoms with Crippen LogP contribution in [-0.2, 0) is 9.53 Å². The molecule has 0 amide bonds. The average molecular weight is 596 g/mol. The minimum Gasteiger partial charge on any atom is -0.496 e.